The van der Waals surface area contributed by atoms with Crippen molar-refractivity contribution >= 4 is 17.7 Å². The highest BCUT2D eigenvalue weighted by molar-refractivity contribution is 7.99. The Morgan fingerprint density at radius 2 is 1.78 bits per heavy atom. The topological polar surface area (TPSA) is 38.3 Å². The zero-order valence-corrected chi connectivity index (χ0v) is 14.7. The van der Waals surface area contributed by atoms with Gasteiger partial charge in [-0.05, 0) is 37.1 Å². The van der Waals surface area contributed by atoms with Crippen LogP contribution in [0.2, 0.25) is 0 Å². The maximum Gasteiger partial charge on any atom is 0.230 e. The molecule has 0 aliphatic carbocycles. The summed E-state index contributed by atoms with van der Waals surface area (Å²) in [7, 11) is 1.64. The van der Waals surface area contributed by atoms with E-state index in [-0.39, 0.29) is 11.9 Å². The van der Waals surface area contributed by atoms with E-state index in [1.54, 1.807) is 18.9 Å². The van der Waals surface area contributed by atoms with Crippen molar-refractivity contribution in [2.24, 2.45) is 0 Å². The van der Waals surface area contributed by atoms with E-state index < -0.39 is 0 Å². The van der Waals surface area contributed by atoms with Crippen molar-refractivity contribution in [3.8, 4) is 5.75 Å². The van der Waals surface area contributed by atoms with Gasteiger partial charge in [-0.25, -0.2) is 0 Å². The molecule has 1 N–H and O–H groups in total. The number of hydrogen-bond acceptors (Lipinski definition) is 3. The van der Waals surface area contributed by atoms with Crippen LogP contribution in [0, 0.1) is 6.92 Å². The number of methoxy groups -OCH3 is 1. The molecule has 4 heteroatoms. The molecular formula is C19H23NO2S. The van der Waals surface area contributed by atoms with Crippen molar-refractivity contribution in [2.45, 2.75) is 25.6 Å². The van der Waals surface area contributed by atoms with Gasteiger partial charge in [-0.1, -0.05) is 42.0 Å². The SMILES string of the molecule is COc1ccc([C@H](C)NC(=O)CSCc2ccc(C)cc2)cc1. The van der Waals surface area contributed by atoms with Gasteiger partial charge in [-0.15, -0.1) is 11.8 Å². The first-order valence-corrected chi connectivity index (χ1v) is 8.80. The van der Waals surface area contributed by atoms with E-state index in [9.17, 15) is 4.79 Å². The first-order chi connectivity index (χ1) is 11.1. The second-order valence-corrected chi connectivity index (χ2v) is 6.53. The van der Waals surface area contributed by atoms with Gasteiger partial charge < -0.3 is 10.1 Å². The lowest BCUT2D eigenvalue weighted by Crippen LogP contribution is -2.28. The lowest BCUT2D eigenvalue weighted by atomic mass is 10.1. The summed E-state index contributed by atoms with van der Waals surface area (Å²) in [4.78, 5) is 12.0. The van der Waals surface area contributed by atoms with E-state index in [1.165, 1.54) is 11.1 Å². The molecule has 0 spiro atoms. The molecule has 3 nitrogen and oxygen atoms in total. The number of hydrogen-bond donors (Lipinski definition) is 1. The Hall–Kier alpha value is -1.94. The van der Waals surface area contributed by atoms with Crippen molar-refractivity contribution in [3.05, 3.63) is 65.2 Å². The summed E-state index contributed by atoms with van der Waals surface area (Å²) in [6.45, 7) is 4.06. The van der Waals surface area contributed by atoms with Gasteiger partial charge in [0, 0.05) is 5.75 Å². The molecule has 0 heterocycles. The first-order valence-electron chi connectivity index (χ1n) is 7.65. The summed E-state index contributed by atoms with van der Waals surface area (Å²) >= 11 is 1.63. The predicted octanol–water partition coefficient (Wildman–Crippen LogP) is 4.11. The third kappa shape index (κ3) is 5.64. The van der Waals surface area contributed by atoms with Crippen LogP contribution in [0.15, 0.2) is 48.5 Å². The molecule has 0 unspecified atom stereocenters. The van der Waals surface area contributed by atoms with Crippen LogP contribution in [-0.2, 0) is 10.5 Å². The summed E-state index contributed by atoms with van der Waals surface area (Å²) in [6, 6.07) is 16.2. The second kappa shape index (κ2) is 8.63. The fraction of sp³-hybridized carbons (Fsp3) is 0.316. The number of carbonyl (C=O) groups excluding carboxylic acids is 1. The van der Waals surface area contributed by atoms with Crippen molar-refractivity contribution in [3.63, 3.8) is 0 Å². The summed E-state index contributed by atoms with van der Waals surface area (Å²) in [5.74, 6) is 2.20. The Labute approximate surface area is 142 Å². The molecule has 2 rings (SSSR count). The van der Waals surface area contributed by atoms with Crippen molar-refractivity contribution < 1.29 is 9.53 Å². The summed E-state index contributed by atoms with van der Waals surface area (Å²) in [5, 5.41) is 3.03. The van der Waals surface area contributed by atoms with E-state index in [0.29, 0.717) is 5.75 Å². The maximum absolute atomic E-state index is 12.0. The van der Waals surface area contributed by atoms with Crippen molar-refractivity contribution in [1.29, 1.82) is 0 Å². The number of benzene rings is 2. The Kier molecular flexibility index (Phi) is 6.53. The lowest BCUT2D eigenvalue weighted by molar-refractivity contribution is -0.119. The highest BCUT2D eigenvalue weighted by atomic mass is 32.2. The molecule has 0 aromatic heterocycles. The van der Waals surface area contributed by atoms with Crippen molar-refractivity contribution in [2.75, 3.05) is 12.9 Å². The summed E-state index contributed by atoms with van der Waals surface area (Å²) < 4.78 is 5.14. The van der Waals surface area contributed by atoms with Crippen LogP contribution in [0.4, 0.5) is 0 Å². The molecule has 0 saturated heterocycles. The number of nitrogens with one attached hydrogen (secondary N) is 1. The number of ether oxygens (including phenoxy) is 1. The van der Waals surface area contributed by atoms with Crippen LogP contribution >= 0.6 is 11.8 Å². The van der Waals surface area contributed by atoms with Gasteiger partial charge in [0.15, 0.2) is 0 Å². The van der Waals surface area contributed by atoms with Crippen LogP contribution in [-0.4, -0.2) is 18.8 Å². The Morgan fingerprint density at radius 1 is 1.13 bits per heavy atom. The molecule has 0 aliphatic rings. The largest absolute Gasteiger partial charge is 0.497 e. The minimum Gasteiger partial charge on any atom is -0.497 e. The molecule has 2 aromatic rings. The Bertz CT molecular complexity index is 623. The first kappa shape index (κ1) is 17.4. The zero-order chi connectivity index (χ0) is 16.7. The Morgan fingerprint density at radius 3 is 2.39 bits per heavy atom. The van der Waals surface area contributed by atoms with Crippen LogP contribution in [0.1, 0.15) is 29.7 Å². The number of carbonyl (C=O) groups is 1. The molecule has 23 heavy (non-hydrogen) atoms. The molecule has 1 atom stereocenters. The number of thioether (sulfide) groups is 1. The number of amides is 1. The predicted molar refractivity (Wildman–Crippen MR) is 96.9 cm³/mol. The highest BCUT2D eigenvalue weighted by Gasteiger charge is 2.09. The van der Waals surface area contributed by atoms with Crippen LogP contribution in [0.3, 0.4) is 0 Å². The molecule has 0 radical (unpaired) electrons. The normalized spacial score (nSPS) is 11.8. The van der Waals surface area contributed by atoms with E-state index in [4.69, 9.17) is 4.74 Å². The maximum atomic E-state index is 12.0. The van der Waals surface area contributed by atoms with Crippen LogP contribution in [0.5, 0.6) is 5.75 Å². The van der Waals surface area contributed by atoms with Gasteiger partial charge >= 0.3 is 0 Å². The average Bonchev–Trinajstić information content (AvgIpc) is 2.56. The highest BCUT2D eigenvalue weighted by Crippen LogP contribution is 2.18. The van der Waals surface area contributed by atoms with Gasteiger partial charge in [-0.2, -0.15) is 0 Å². The molecule has 1 amide bonds. The van der Waals surface area contributed by atoms with Crippen molar-refractivity contribution in [1.82, 2.24) is 5.32 Å². The molecule has 2 aromatic carbocycles. The van der Waals surface area contributed by atoms with E-state index in [0.717, 1.165) is 17.1 Å². The third-order valence-electron chi connectivity index (χ3n) is 3.62. The zero-order valence-electron chi connectivity index (χ0n) is 13.8. The fourth-order valence-electron chi connectivity index (χ4n) is 2.20. The summed E-state index contributed by atoms with van der Waals surface area (Å²) in [5.41, 5.74) is 3.57. The van der Waals surface area contributed by atoms with Gasteiger partial charge in [0.2, 0.25) is 5.91 Å². The standard InChI is InChI=1S/C19H23NO2S/c1-14-4-6-16(7-5-14)12-23-13-19(21)20-15(2)17-8-10-18(22-3)11-9-17/h4-11,15H,12-13H2,1-3H3,(H,20,21)/t15-/m0/s1. The minimum atomic E-state index is -0.00613. The van der Waals surface area contributed by atoms with E-state index >= 15 is 0 Å². The average molecular weight is 329 g/mol. The smallest absolute Gasteiger partial charge is 0.230 e. The van der Waals surface area contributed by atoms with Gasteiger partial charge in [0.25, 0.3) is 0 Å². The lowest BCUT2D eigenvalue weighted by Gasteiger charge is -2.14. The summed E-state index contributed by atoms with van der Waals surface area (Å²) in [6.07, 6.45) is 0. The van der Waals surface area contributed by atoms with Gasteiger partial charge in [0.1, 0.15) is 5.75 Å². The monoisotopic (exact) mass is 329 g/mol. The quantitative estimate of drug-likeness (QED) is 0.830. The molecule has 122 valence electrons. The molecular weight excluding hydrogens is 306 g/mol. The van der Waals surface area contributed by atoms with E-state index in [2.05, 4.69) is 36.5 Å². The molecule has 0 saturated carbocycles. The van der Waals surface area contributed by atoms with Crippen LogP contribution in [0.25, 0.3) is 0 Å². The molecule has 0 bridgehead atoms. The van der Waals surface area contributed by atoms with Gasteiger partial charge in [-0.3, -0.25) is 4.79 Å². The number of aryl methyl sites for hydroxylation is 1. The second-order valence-electron chi connectivity index (χ2n) is 5.54. The van der Waals surface area contributed by atoms with Gasteiger partial charge in [0.05, 0.1) is 18.9 Å². The molecule has 0 aliphatic heterocycles. The van der Waals surface area contributed by atoms with E-state index in [1.807, 2.05) is 31.2 Å². The number of rotatable bonds is 7. The fourth-order valence-corrected chi connectivity index (χ4v) is 3.00. The minimum absolute atomic E-state index is 0.00613. The molecule has 0 fully saturated rings. The Balaban J connectivity index is 1.76. The third-order valence-corrected chi connectivity index (χ3v) is 4.62. The van der Waals surface area contributed by atoms with Crippen LogP contribution < -0.4 is 10.1 Å².